The van der Waals surface area contributed by atoms with E-state index in [0.29, 0.717) is 0 Å². The third-order valence-corrected chi connectivity index (χ3v) is 6.69. The lowest BCUT2D eigenvalue weighted by atomic mass is 9.95. The molecule has 1 fully saturated rings. The molecule has 0 saturated carbocycles. The molecular weight excluding hydrogens is 430 g/mol. The Labute approximate surface area is 170 Å². The zero-order valence-electron chi connectivity index (χ0n) is 13.8. The summed E-state index contributed by atoms with van der Waals surface area (Å²) < 4.78 is 8.28. The minimum Gasteiger partial charge on any atom is -0.448 e. The second-order valence-electron chi connectivity index (χ2n) is 6.56. The Bertz CT molecular complexity index is 920. The van der Waals surface area contributed by atoms with Crippen molar-refractivity contribution in [3.8, 4) is 5.75 Å². The smallest absolute Gasteiger partial charge is 0.278 e. The fourth-order valence-electron chi connectivity index (χ4n) is 3.78. The lowest BCUT2D eigenvalue weighted by Crippen LogP contribution is -2.65. The van der Waals surface area contributed by atoms with Gasteiger partial charge in [0.1, 0.15) is 10.1 Å². The van der Waals surface area contributed by atoms with Gasteiger partial charge in [-0.25, -0.2) is 5.01 Å². The van der Waals surface area contributed by atoms with Gasteiger partial charge in [-0.15, -0.1) is 0 Å². The molecule has 0 bridgehead atoms. The second kappa shape index (κ2) is 6.25. The van der Waals surface area contributed by atoms with Crippen LogP contribution in [-0.2, 0) is 0 Å². The predicted octanol–water partition coefficient (Wildman–Crippen LogP) is 4.66. The summed E-state index contributed by atoms with van der Waals surface area (Å²) in [5, 5.41) is 10.5. The number of nitrogens with one attached hydrogen (secondary N) is 1. The number of hydrogen-bond donors (Lipinski definition) is 1. The number of nitrogens with zero attached hydrogens (tertiary/aromatic N) is 2. The summed E-state index contributed by atoms with van der Waals surface area (Å²) in [6.45, 7) is 0. The SMILES string of the molecule is S=C1NC2(CCS1)Oc1ccc(Br)cc1C1CC(c3ccccc3)=NN12. The summed E-state index contributed by atoms with van der Waals surface area (Å²) in [7, 11) is 0. The molecule has 3 aliphatic heterocycles. The number of hydrogen-bond acceptors (Lipinski definition) is 5. The highest BCUT2D eigenvalue weighted by Crippen LogP contribution is 2.48. The van der Waals surface area contributed by atoms with E-state index in [9.17, 15) is 0 Å². The molecule has 132 valence electrons. The Morgan fingerprint density at radius 2 is 2.12 bits per heavy atom. The van der Waals surface area contributed by atoms with E-state index in [2.05, 4.69) is 56.6 Å². The number of ether oxygens (including phenoxy) is 1. The molecule has 2 aromatic rings. The molecule has 0 aromatic heterocycles. The van der Waals surface area contributed by atoms with Gasteiger partial charge in [-0.2, -0.15) is 5.10 Å². The first kappa shape index (κ1) is 16.6. The van der Waals surface area contributed by atoms with Crippen LogP contribution in [0.2, 0.25) is 0 Å². The summed E-state index contributed by atoms with van der Waals surface area (Å²) in [5.74, 6) is 1.11. The van der Waals surface area contributed by atoms with Crippen molar-refractivity contribution in [1.82, 2.24) is 10.3 Å². The van der Waals surface area contributed by atoms with Gasteiger partial charge in [0.25, 0.3) is 5.85 Å². The summed E-state index contributed by atoms with van der Waals surface area (Å²) in [4.78, 5) is 0. The van der Waals surface area contributed by atoms with Gasteiger partial charge in [-0.05, 0) is 23.8 Å². The van der Waals surface area contributed by atoms with Crippen LogP contribution in [0.3, 0.4) is 0 Å². The van der Waals surface area contributed by atoms with E-state index < -0.39 is 5.85 Å². The van der Waals surface area contributed by atoms with E-state index in [0.717, 1.165) is 50.0 Å². The van der Waals surface area contributed by atoms with Crippen LogP contribution in [0.4, 0.5) is 0 Å². The summed E-state index contributed by atoms with van der Waals surface area (Å²) >= 11 is 10.7. The minimum atomic E-state index is -0.704. The monoisotopic (exact) mass is 445 g/mol. The lowest BCUT2D eigenvalue weighted by Gasteiger charge is -2.49. The standard InChI is InChI=1S/C19H16BrN3OS2/c20-13-6-7-17-14(10-13)16-11-15(12-4-2-1-3-5-12)22-23(16)19(24-17)8-9-26-18(25)21-19/h1-7,10,16H,8-9,11H2,(H,21,25). The Balaban J connectivity index is 1.63. The van der Waals surface area contributed by atoms with Gasteiger partial charge in [0.15, 0.2) is 0 Å². The van der Waals surface area contributed by atoms with E-state index in [1.807, 2.05) is 18.2 Å². The third-order valence-electron chi connectivity index (χ3n) is 4.97. The van der Waals surface area contributed by atoms with E-state index >= 15 is 0 Å². The third kappa shape index (κ3) is 2.64. The maximum atomic E-state index is 6.47. The van der Waals surface area contributed by atoms with Gasteiger partial charge in [-0.1, -0.05) is 70.2 Å². The van der Waals surface area contributed by atoms with Gasteiger partial charge >= 0.3 is 0 Å². The molecule has 3 heterocycles. The molecule has 1 N–H and O–H groups in total. The summed E-state index contributed by atoms with van der Waals surface area (Å²) in [6.07, 6.45) is 1.66. The molecule has 0 amide bonds. The zero-order valence-corrected chi connectivity index (χ0v) is 17.0. The van der Waals surface area contributed by atoms with Crippen LogP contribution in [-0.4, -0.2) is 26.6 Å². The van der Waals surface area contributed by atoms with Crippen LogP contribution in [0.1, 0.15) is 30.0 Å². The Kier molecular flexibility index (Phi) is 3.99. The van der Waals surface area contributed by atoms with Crippen molar-refractivity contribution in [3.05, 3.63) is 64.1 Å². The van der Waals surface area contributed by atoms with Gasteiger partial charge in [0.05, 0.1) is 11.8 Å². The highest BCUT2D eigenvalue weighted by Gasteiger charge is 2.52. The average molecular weight is 446 g/mol. The quantitative estimate of drug-likeness (QED) is 0.646. The first-order valence-corrected chi connectivity index (χ1v) is 10.7. The first-order chi connectivity index (χ1) is 12.6. The fourth-order valence-corrected chi connectivity index (χ4v) is 5.36. The zero-order chi connectivity index (χ0) is 17.7. The number of thioether (sulfide) groups is 1. The van der Waals surface area contributed by atoms with Crippen molar-refractivity contribution in [2.24, 2.45) is 5.10 Å². The number of rotatable bonds is 1. The van der Waals surface area contributed by atoms with E-state index in [4.69, 9.17) is 22.1 Å². The average Bonchev–Trinajstić information content (AvgIpc) is 3.10. The Hall–Kier alpha value is -1.57. The van der Waals surface area contributed by atoms with E-state index in [-0.39, 0.29) is 6.04 Å². The maximum Gasteiger partial charge on any atom is 0.278 e. The second-order valence-corrected chi connectivity index (χ2v) is 9.24. The molecule has 5 rings (SSSR count). The molecular formula is C19H16BrN3OS2. The first-order valence-electron chi connectivity index (χ1n) is 8.50. The number of hydrazone groups is 1. The molecule has 3 aliphatic rings. The van der Waals surface area contributed by atoms with Crippen molar-refractivity contribution >= 4 is 49.9 Å². The number of halogens is 1. The topological polar surface area (TPSA) is 36.9 Å². The van der Waals surface area contributed by atoms with Crippen molar-refractivity contribution in [2.45, 2.75) is 24.7 Å². The summed E-state index contributed by atoms with van der Waals surface area (Å²) in [6, 6.07) is 16.7. The van der Waals surface area contributed by atoms with Crippen molar-refractivity contribution in [3.63, 3.8) is 0 Å². The largest absolute Gasteiger partial charge is 0.448 e. The molecule has 1 saturated heterocycles. The van der Waals surface area contributed by atoms with Crippen LogP contribution < -0.4 is 10.1 Å². The molecule has 7 heteroatoms. The molecule has 2 aromatic carbocycles. The lowest BCUT2D eigenvalue weighted by molar-refractivity contribution is -0.132. The van der Waals surface area contributed by atoms with Crippen molar-refractivity contribution in [2.75, 3.05) is 5.75 Å². The van der Waals surface area contributed by atoms with Gasteiger partial charge in [0.2, 0.25) is 0 Å². The van der Waals surface area contributed by atoms with Crippen LogP contribution in [0.15, 0.2) is 58.1 Å². The van der Waals surface area contributed by atoms with Crippen LogP contribution >= 0.6 is 39.9 Å². The van der Waals surface area contributed by atoms with E-state index in [1.165, 1.54) is 0 Å². The molecule has 2 atom stereocenters. The van der Waals surface area contributed by atoms with Crippen LogP contribution in [0, 0.1) is 0 Å². The van der Waals surface area contributed by atoms with Crippen molar-refractivity contribution < 1.29 is 4.74 Å². The minimum absolute atomic E-state index is 0.129. The molecule has 4 nitrogen and oxygen atoms in total. The Morgan fingerprint density at radius 3 is 2.92 bits per heavy atom. The van der Waals surface area contributed by atoms with Gasteiger partial charge in [0, 0.05) is 28.6 Å². The molecule has 2 unspecified atom stereocenters. The summed E-state index contributed by atoms with van der Waals surface area (Å²) in [5.41, 5.74) is 3.39. The molecule has 0 radical (unpaired) electrons. The molecule has 26 heavy (non-hydrogen) atoms. The van der Waals surface area contributed by atoms with Crippen molar-refractivity contribution in [1.29, 1.82) is 0 Å². The fraction of sp³-hybridized carbons (Fsp3) is 0.263. The maximum absolute atomic E-state index is 6.47. The normalized spacial score (nSPS) is 26.7. The highest BCUT2D eigenvalue weighted by molar-refractivity contribution is 9.10. The molecule has 1 spiro atoms. The predicted molar refractivity (Wildman–Crippen MR) is 112 cm³/mol. The number of thiocarbonyl (C=S) groups is 1. The molecule has 0 aliphatic carbocycles. The van der Waals surface area contributed by atoms with Crippen LogP contribution in [0.25, 0.3) is 0 Å². The number of benzene rings is 2. The van der Waals surface area contributed by atoms with E-state index in [1.54, 1.807) is 11.8 Å². The highest BCUT2D eigenvalue weighted by atomic mass is 79.9. The van der Waals surface area contributed by atoms with Gasteiger partial charge in [-0.3, -0.25) is 0 Å². The Morgan fingerprint density at radius 1 is 1.27 bits per heavy atom. The van der Waals surface area contributed by atoms with Crippen LogP contribution in [0.5, 0.6) is 5.75 Å². The number of fused-ring (bicyclic) bond motifs is 4. The van der Waals surface area contributed by atoms with Gasteiger partial charge < -0.3 is 10.1 Å².